The quantitative estimate of drug-likeness (QED) is 0.844. The Bertz CT molecular complexity index is 561. The number of fused-ring (bicyclic) bond motifs is 1. The molecule has 2 amide bonds. The molecule has 0 saturated carbocycles. The monoisotopic (exact) mass is 330 g/mol. The highest BCUT2D eigenvalue weighted by Crippen LogP contribution is 2.25. The molecule has 4 heterocycles. The second kappa shape index (κ2) is 7.07. The van der Waals surface area contributed by atoms with Gasteiger partial charge in [-0.2, -0.15) is 0 Å². The summed E-state index contributed by atoms with van der Waals surface area (Å²) in [6, 6.07) is 4.68. The van der Waals surface area contributed by atoms with Gasteiger partial charge in [0.25, 0.3) is 0 Å². The molecule has 3 fully saturated rings. The van der Waals surface area contributed by atoms with Crippen LogP contribution in [0, 0.1) is 0 Å². The fourth-order valence-electron chi connectivity index (χ4n) is 4.10. The summed E-state index contributed by atoms with van der Waals surface area (Å²) in [5.74, 6) is 0. The first-order valence-electron chi connectivity index (χ1n) is 9.08. The van der Waals surface area contributed by atoms with E-state index < -0.39 is 0 Å². The average molecular weight is 330 g/mol. The van der Waals surface area contributed by atoms with Gasteiger partial charge < -0.3 is 14.5 Å². The number of aromatic nitrogens is 1. The van der Waals surface area contributed by atoms with Gasteiger partial charge in [0.2, 0.25) is 0 Å². The van der Waals surface area contributed by atoms with Gasteiger partial charge in [-0.1, -0.05) is 6.07 Å². The highest BCUT2D eigenvalue weighted by Gasteiger charge is 2.38. The molecule has 6 nitrogen and oxygen atoms in total. The molecule has 130 valence electrons. The number of piperazine rings is 1. The molecule has 1 aromatic rings. The van der Waals surface area contributed by atoms with Crippen molar-refractivity contribution in [3.8, 4) is 0 Å². The normalized spacial score (nSPS) is 27.5. The second-order valence-corrected chi connectivity index (χ2v) is 7.10. The molecule has 6 heteroatoms. The Morgan fingerprint density at radius 3 is 2.83 bits per heavy atom. The smallest absolute Gasteiger partial charge is 0.320 e. The molecule has 1 aromatic heterocycles. The van der Waals surface area contributed by atoms with Crippen LogP contribution >= 0.6 is 0 Å². The summed E-state index contributed by atoms with van der Waals surface area (Å²) in [5.41, 5.74) is 1.12. The first kappa shape index (κ1) is 15.8. The van der Waals surface area contributed by atoms with Crippen molar-refractivity contribution in [1.29, 1.82) is 0 Å². The number of pyridine rings is 1. The van der Waals surface area contributed by atoms with E-state index in [9.17, 15) is 4.79 Å². The summed E-state index contributed by atoms with van der Waals surface area (Å²) in [5, 5.41) is 0. The molecular formula is C18H26N4O2. The van der Waals surface area contributed by atoms with Crippen LogP contribution < -0.4 is 0 Å². The molecule has 2 atom stereocenters. The molecule has 0 aromatic carbocycles. The van der Waals surface area contributed by atoms with Crippen molar-refractivity contribution in [2.24, 2.45) is 0 Å². The van der Waals surface area contributed by atoms with Crippen molar-refractivity contribution in [2.75, 3.05) is 39.3 Å². The number of hydrogen-bond acceptors (Lipinski definition) is 4. The number of likely N-dealkylation sites (tertiary alicyclic amines) is 1. The Labute approximate surface area is 143 Å². The van der Waals surface area contributed by atoms with E-state index in [2.05, 4.69) is 14.8 Å². The van der Waals surface area contributed by atoms with Crippen LogP contribution in [-0.4, -0.2) is 77.1 Å². The third-order valence-electron chi connectivity index (χ3n) is 5.43. The third-order valence-corrected chi connectivity index (χ3v) is 5.43. The lowest BCUT2D eigenvalue weighted by Gasteiger charge is -2.38. The minimum atomic E-state index is 0.242. The predicted octanol–water partition coefficient (Wildman–Crippen LogP) is 1.57. The fraction of sp³-hybridized carbons (Fsp3) is 0.667. The number of rotatable bonds is 3. The van der Waals surface area contributed by atoms with Crippen molar-refractivity contribution in [3.05, 3.63) is 30.1 Å². The van der Waals surface area contributed by atoms with Crippen molar-refractivity contribution in [3.63, 3.8) is 0 Å². The summed E-state index contributed by atoms with van der Waals surface area (Å²) in [7, 11) is 0. The van der Waals surface area contributed by atoms with E-state index in [0.29, 0.717) is 12.6 Å². The molecule has 0 spiro atoms. The topological polar surface area (TPSA) is 48.9 Å². The minimum Gasteiger partial charge on any atom is -0.372 e. The maximum atomic E-state index is 12.6. The zero-order valence-corrected chi connectivity index (χ0v) is 14.1. The van der Waals surface area contributed by atoms with E-state index in [4.69, 9.17) is 4.74 Å². The summed E-state index contributed by atoms with van der Waals surface area (Å²) in [6.45, 7) is 6.13. The summed E-state index contributed by atoms with van der Waals surface area (Å²) in [4.78, 5) is 23.3. The Morgan fingerprint density at radius 2 is 2.04 bits per heavy atom. The maximum Gasteiger partial charge on any atom is 0.320 e. The summed E-state index contributed by atoms with van der Waals surface area (Å²) < 4.78 is 6.08. The standard InChI is InChI=1S/C18H26N4O2/c23-18(20-6-1-2-7-20)22-9-8-21-13-17(10-16(21)12-22)24-14-15-4-3-5-19-11-15/h3-5,11,16-17H,1-2,6-10,12-14H2. The molecule has 2 unspecified atom stereocenters. The van der Waals surface area contributed by atoms with Crippen molar-refractivity contribution in [1.82, 2.24) is 19.7 Å². The lowest BCUT2D eigenvalue weighted by Crippen LogP contribution is -2.54. The van der Waals surface area contributed by atoms with E-state index >= 15 is 0 Å². The highest BCUT2D eigenvalue weighted by molar-refractivity contribution is 5.75. The molecule has 0 bridgehead atoms. The third kappa shape index (κ3) is 3.39. The van der Waals surface area contributed by atoms with Gasteiger partial charge in [0, 0.05) is 57.7 Å². The van der Waals surface area contributed by atoms with Crippen LogP contribution in [-0.2, 0) is 11.3 Å². The van der Waals surface area contributed by atoms with Crippen molar-refractivity contribution >= 4 is 6.03 Å². The SMILES string of the molecule is O=C(N1CCCC1)N1CCN2CC(OCc3cccnc3)CC2C1. The maximum absolute atomic E-state index is 12.6. The van der Waals surface area contributed by atoms with Crippen molar-refractivity contribution in [2.45, 2.75) is 38.0 Å². The average Bonchev–Trinajstić information content (AvgIpc) is 3.29. The Kier molecular flexibility index (Phi) is 4.67. The molecule has 0 N–H and O–H groups in total. The van der Waals surface area contributed by atoms with Gasteiger partial charge in [-0.3, -0.25) is 9.88 Å². The molecule has 24 heavy (non-hydrogen) atoms. The van der Waals surface area contributed by atoms with Crippen LogP contribution in [0.4, 0.5) is 4.79 Å². The van der Waals surface area contributed by atoms with Gasteiger partial charge in [0.05, 0.1) is 12.7 Å². The Hall–Kier alpha value is -1.66. The van der Waals surface area contributed by atoms with E-state index in [1.807, 2.05) is 23.2 Å². The molecule has 3 aliphatic rings. The molecule has 3 aliphatic heterocycles. The number of urea groups is 1. The molecule has 0 radical (unpaired) electrons. The van der Waals surface area contributed by atoms with Gasteiger partial charge in [0.1, 0.15) is 0 Å². The lowest BCUT2D eigenvalue weighted by molar-refractivity contribution is 0.0460. The van der Waals surface area contributed by atoms with Crippen LogP contribution in [0.15, 0.2) is 24.5 Å². The van der Waals surface area contributed by atoms with Gasteiger partial charge in [0.15, 0.2) is 0 Å². The molecule has 0 aliphatic carbocycles. The second-order valence-electron chi connectivity index (χ2n) is 7.10. The first-order valence-corrected chi connectivity index (χ1v) is 9.08. The number of carbonyl (C=O) groups is 1. The zero-order valence-electron chi connectivity index (χ0n) is 14.1. The van der Waals surface area contributed by atoms with Crippen molar-refractivity contribution < 1.29 is 9.53 Å². The lowest BCUT2D eigenvalue weighted by atomic mass is 10.1. The number of carbonyl (C=O) groups excluding carboxylic acids is 1. The van der Waals surface area contributed by atoms with Crippen LogP contribution in [0.5, 0.6) is 0 Å². The molecule has 4 rings (SSSR count). The molecule has 3 saturated heterocycles. The summed E-state index contributed by atoms with van der Waals surface area (Å²) >= 11 is 0. The first-order chi connectivity index (χ1) is 11.8. The largest absolute Gasteiger partial charge is 0.372 e. The highest BCUT2D eigenvalue weighted by atomic mass is 16.5. The van der Waals surface area contributed by atoms with Crippen LogP contribution in [0.3, 0.4) is 0 Å². The van der Waals surface area contributed by atoms with E-state index in [0.717, 1.165) is 64.1 Å². The predicted molar refractivity (Wildman–Crippen MR) is 90.6 cm³/mol. The summed E-state index contributed by atoms with van der Waals surface area (Å²) in [6.07, 6.45) is 7.23. The van der Waals surface area contributed by atoms with Crippen LogP contribution in [0.1, 0.15) is 24.8 Å². The van der Waals surface area contributed by atoms with E-state index in [1.54, 1.807) is 6.20 Å². The van der Waals surface area contributed by atoms with Gasteiger partial charge in [-0.05, 0) is 30.9 Å². The Morgan fingerprint density at radius 1 is 1.17 bits per heavy atom. The molecular weight excluding hydrogens is 304 g/mol. The van der Waals surface area contributed by atoms with Crippen LogP contribution in [0.2, 0.25) is 0 Å². The van der Waals surface area contributed by atoms with E-state index in [-0.39, 0.29) is 12.1 Å². The minimum absolute atomic E-state index is 0.242. The van der Waals surface area contributed by atoms with Crippen LogP contribution in [0.25, 0.3) is 0 Å². The zero-order chi connectivity index (χ0) is 16.4. The number of ether oxygens (including phenoxy) is 1. The van der Waals surface area contributed by atoms with E-state index in [1.165, 1.54) is 0 Å². The number of nitrogens with zero attached hydrogens (tertiary/aromatic N) is 4. The van der Waals surface area contributed by atoms with Gasteiger partial charge in [-0.25, -0.2) is 4.79 Å². The fourth-order valence-corrected chi connectivity index (χ4v) is 4.10. The van der Waals surface area contributed by atoms with Gasteiger partial charge >= 0.3 is 6.03 Å². The number of hydrogen-bond donors (Lipinski definition) is 0. The van der Waals surface area contributed by atoms with Gasteiger partial charge in [-0.15, -0.1) is 0 Å². The Balaban J connectivity index is 1.28. The number of amides is 2.